The lowest BCUT2D eigenvalue weighted by atomic mass is 9.91. The summed E-state index contributed by atoms with van der Waals surface area (Å²) in [5.41, 5.74) is 21.5. The number of nitrogens with two attached hydrogens (primary N) is 1. The maximum Gasteiger partial charge on any atom is 0.127 e. The van der Waals surface area contributed by atoms with E-state index < -0.39 is 6.17 Å². The van der Waals surface area contributed by atoms with Crippen LogP contribution in [0.25, 0.3) is 38.6 Å². The average Bonchev–Trinajstić information content (AvgIpc) is 3.74. The average molecular weight is 661 g/mol. The van der Waals surface area contributed by atoms with E-state index in [1.165, 1.54) is 55.3 Å². The summed E-state index contributed by atoms with van der Waals surface area (Å²) in [6.07, 6.45) is 9.87. The zero-order chi connectivity index (χ0) is 34.3. The molecule has 248 valence electrons. The molecule has 3 unspecified atom stereocenters. The molecular weight excluding hydrogens is 621 g/mol. The van der Waals surface area contributed by atoms with E-state index in [0.29, 0.717) is 5.92 Å². The van der Waals surface area contributed by atoms with Crippen molar-refractivity contribution in [3.05, 3.63) is 197 Å². The number of aliphatic imine (C=N–C) groups is 1. The first kappa shape index (κ1) is 31.2. The van der Waals surface area contributed by atoms with Crippen molar-refractivity contribution in [2.45, 2.75) is 38.0 Å². The van der Waals surface area contributed by atoms with Crippen LogP contribution in [0.4, 0.5) is 0 Å². The third-order valence-corrected chi connectivity index (χ3v) is 10.6. The fraction of sp³-hybridized carbons (Fsp3) is 0.128. The van der Waals surface area contributed by atoms with E-state index in [-0.39, 0.29) is 6.17 Å². The fourth-order valence-electron chi connectivity index (χ4n) is 8.07. The van der Waals surface area contributed by atoms with Crippen LogP contribution in [0.3, 0.4) is 0 Å². The molecule has 4 nitrogen and oxygen atoms in total. The van der Waals surface area contributed by atoms with E-state index in [4.69, 9.17) is 10.7 Å². The number of para-hydroxylation sites is 2. The van der Waals surface area contributed by atoms with Crippen LogP contribution in [-0.4, -0.2) is 10.3 Å². The van der Waals surface area contributed by atoms with E-state index in [9.17, 15) is 0 Å². The topological polar surface area (TPSA) is 55.3 Å². The van der Waals surface area contributed by atoms with Gasteiger partial charge in [-0.2, -0.15) is 0 Å². The Morgan fingerprint density at radius 1 is 0.745 bits per heavy atom. The van der Waals surface area contributed by atoms with Gasteiger partial charge in [-0.3, -0.25) is 10.3 Å². The smallest absolute Gasteiger partial charge is 0.127 e. The van der Waals surface area contributed by atoms with E-state index >= 15 is 0 Å². The summed E-state index contributed by atoms with van der Waals surface area (Å²) in [5, 5.41) is 6.31. The summed E-state index contributed by atoms with van der Waals surface area (Å²) in [5.74, 6) is 0.352. The van der Waals surface area contributed by atoms with Crippen LogP contribution in [0.2, 0.25) is 0 Å². The minimum absolute atomic E-state index is 0.335. The van der Waals surface area contributed by atoms with E-state index in [1.807, 2.05) is 6.07 Å². The summed E-state index contributed by atoms with van der Waals surface area (Å²) < 4.78 is 2.40. The first-order chi connectivity index (χ1) is 25.1. The van der Waals surface area contributed by atoms with Crippen LogP contribution >= 0.6 is 0 Å². The molecule has 0 spiro atoms. The predicted molar refractivity (Wildman–Crippen MR) is 213 cm³/mol. The predicted octanol–water partition coefficient (Wildman–Crippen LogP) is 10.7. The molecule has 3 atom stereocenters. The molecule has 51 heavy (non-hydrogen) atoms. The molecule has 7 aromatic rings. The van der Waals surface area contributed by atoms with E-state index in [1.54, 1.807) is 0 Å². The number of nitrogens with zero attached hydrogens (tertiary/aromatic N) is 2. The Hall–Kier alpha value is -5.81. The molecule has 0 saturated carbocycles. The third kappa shape index (κ3) is 5.73. The van der Waals surface area contributed by atoms with E-state index in [2.05, 4.69) is 175 Å². The molecule has 0 amide bonds. The zero-order valence-corrected chi connectivity index (χ0v) is 28.7. The number of rotatable bonds is 8. The van der Waals surface area contributed by atoms with Gasteiger partial charge in [0.15, 0.2) is 0 Å². The van der Waals surface area contributed by atoms with Crippen LogP contribution in [0, 0.1) is 0 Å². The summed E-state index contributed by atoms with van der Waals surface area (Å²) in [7, 11) is 0. The molecule has 0 saturated heterocycles. The molecule has 0 aliphatic heterocycles. The highest BCUT2D eigenvalue weighted by atomic mass is 15.1. The molecule has 3 N–H and O–H groups in total. The van der Waals surface area contributed by atoms with Crippen molar-refractivity contribution in [3.8, 4) is 16.8 Å². The largest absolute Gasteiger partial charge is 0.312 e. The van der Waals surface area contributed by atoms with Crippen molar-refractivity contribution in [2.75, 3.05) is 0 Å². The Morgan fingerprint density at radius 3 is 2.25 bits per heavy atom. The molecule has 2 aliphatic carbocycles. The highest BCUT2D eigenvalue weighted by molar-refractivity contribution is 6.09. The number of aromatic nitrogens is 1. The quantitative estimate of drug-likeness (QED) is 0.126. The maximum absolute atomic E-state index is 7.19. The zero-order valence-electron chi connectivity index (χ0n) is 28.7. The Kier molecular flexibility index (Phi) is 8.04. The standard InChI is InChI=1S/C47H40N4/c1-31(32-14-4-2-5-15-32)49-47(36-20-12-18-34(28-36)33-16-6-3-7-17-33)50-46(48)42-23-13-19-35-29-37-30-38(26-27-39(37)45(35)42)51-43-24-10-8-21-40(43)41-22-9-11-25-44(41)51/h2-16,18-28,30,33,46-47,50H,17,29,48H2,1H3/b49-31+. The molecule has 0 fully saturated rings. The van der Waals surface area contributed by atoms with Crippen molar-refractivity contribution < 1.29 is 0 Å². The number of nitrogens with one attached hydrogen (secondary N) is 1. The monoisotopic (exact) mass is 660 g/mol. The fourth-order valence-corrected chi connectivity index (χ4v) is 8.07. The van der Waals surface area contributed by atoms with Crippen molar-refractivity contribution in [1.82, 2.24) is 9.88 Å². The van der Waals surface area contributed by atoms with Gasteiger partial charge in [-0.25, -0.2) is 0 Å². The molecule has 1 heterocycles. The van der Waals surface area contributed by atoms with E-state index in [0.717, 1.165) is 35.2 Å². The first-order valence-corrected chi connectivity index (χ1v) is 17.9. The highest BCUT2D eigenvalue weighted by Crippen LogP contribution is 2.42. The van der Waals surface area contributed by atoms with Crippen molar-refractivity contribution in [2.24, 2.45) is 10.7 Å². The maximum atomic E-state index is 7.19. The second-order valence-corrected chi connectivity index (χ2v) is 13.7. The van der Waals surface area contributed by atoms with Crippen molar-refractivity contribution in [3.63, 3.8) is 0 Å². The summed E-state index contributed by atoms with van der Waals surface area (Å²) in [6.45, 7) is 2.08. The number of benzene rings is 6. The Labute approximate surface area is 299 Å². The van der Waals surface area contributed by atoms with Gasteiger partial charge < -0.3 is 10.3 Å². The van der Waals surface area contributed by atoms with Crippen LogP contribution in [0.15, 0.2) is 169 Å². The lowest BCUT2D eigenvalue weighted by molar-refractivity contribution is 0.466. The van der Waals surface area contributed by atoms with Gasteiger partial charge in [0.05, 0.1) is 17.2 Å². The minimum Gasteiger partial charge on any atom is -0.312 e. The number of allylic oxidation sites excluding steroid dienone is 4. The van der Waals surface area contributed by atoms with Crippen LogP contribution < -0.4 is 11.1 Å². The number of hydrogen-bond acceptors (Lipinski definition) is 3. The van der Waals surface area contributed by atoms with Gasteiger partial charge in [-0.1, -0.05) is 140 Å². The summed E-state index contributed by atoms with van der Waals surface area (Å²) in [4.78, 5) is 5.29. The second kappa shape index (κ2) is 13.1. The van der Waals surface area contributed by atoms with Crippen molar-refractivity contribution in [1.29, 1.82) is 0 Å². The Morgan fingerprint density at radius 2 is 1.49 bits per heavy atom. The molecule has 9 rings (SSSR count). The van der Waals surface area contributed by atoms with Gasteiger partial charge >= 0.3 is 0 Å². The van der Waals surface area contributed by atoms with Crippen LogP contribution in [-0.2, 0) is 6.42 Å². The second-order valence-electron chi connectivity index (χ2n) is 13.7. The van der Waals surface area contributed by atoms with Gasteiger partial charge in [-0.05, 0) is 88.5 Å². The molecule has 4 heteroatoms. The summed E-state index contributed by atoms with van der Waals surface area (Å²) in [6, 6.07) is 50.1. The molecule has 0 bridgehead atoms. The minimum atomic E-state index is -0.443. The van der Waals surface area contributed by atoms with Gasteiger partial charge in [-0.15, -0.1) is 0 Å². The number of fused-ring (bicyclic) bond motifs is 6. The Balaban J connectivity index is 1.08. The Bertz CT molecular complexity index is 2450. The molecule has 2 aliphatic rings. The molecular formula is C47H40N4. The number of hydrogen-bond donors (Lipinski definition) is 2. The van der Waals surface area contributed by atoms with Gasteiger partial charge in [0.2, 0.25) is 0 Å². The molecule has 6 aromatic carbocycles. The van der Waals surface area contributed by atoms with Gasteiger partial charge in [0, 0.05) is 28.1 Å². The SMILES string of the molecule is C/C(=N\C(NC(N)c1cccc2c1-c1ccc(-n3c4ccccc4c4ccccc43)cc1C2)c1cccc(C2C=CC=CC2)c1)c1ccccc1. The molecule has 0 radical (unpaired) electrons. The normalized spacial score (nSPS) is 16.4. The lowest BCUT2D eigenvalue weighted by Crippen LogP contribution is -2.32. The van der Waals surface area contributed by atoms with Gasteiger partial charge in [0.1, 0.15) is 6.17 Å². The highest BCUT2D eigenvalue weighted by Gasteiger charge is 2.26. The molecule has 1 aromatic heterocycles. The lowest BCUT2D eigenvalue weighted by Gasteiger charge is -2.25. The van der Waals surface area contributed by atoms with Gasteiger partial charge in [0.25, 0.3) is 0 Å². The van der Waals surface area contributed by atoms with Crippen LogP contribution in [0.5, 0.6) is 0 Å². The first-order valence-electron chi connectivity index (χ1n) is 17.9. The van der Waals surface area contributed by atoms with Crippen molar-refractivity contribution >= 4 is 27.5 Å². The third-order valence-electron chi connectivity index (χ3n) is 10.6. The van der Waals surface area contributed by atoms with Crippen LogP contribution in [0.1, 0.15) is 65.0 Å². The summed E-state index contributed by atoms with van der Waals surface area (Å²) >= 11 is 0.